The zero-order valence-electron chi connectivity index (χ0n) is 16.4. The van der Waals surface area contributed by atoms with Crippen molar-refractivity contribution in [3.05, 3.63) is 82.5 Å². The fourth-order valence-electron chi connectivity index (χ4n) is 2.91. The Labute approximate surface area is 188 Å². The maximum atomic E-state index is 12.5. The summed E-state index contributed by atoms with van der Waals surface area (Å²) in [5.41, 5.74) is 0.657. The predicted octanol–water partition coefficient (Wildman–Crippen LogP) is 4.72. The Hall–Kier alpha value is -3.83. The van der Waals surface area contributed by atoms with Crippen molar-refractivity contribution in [1.82, 2.24) is 19.9 Å². The Morgan fingerprint density at radius 2 is 1.97 bits per heavy atom. The van der Waals surface area contributed by atoms with E-state index in [9.17, 15) is 23.1 Å². The Balaban J connectivity index is 1.41. The third-order valence-corrected chi connectivity index (χ3v) is 4.69. The van der Waals surface area contributed by atoms with Gasteiger partial charge in [0, 0.05) is 59.1 Å². The maximum absolute atomic E-state index is 12.5. The summed E-state index contributed by atoms with van der Waals surface area (Å²) < 4.78 is 42.5. The number of rotatable bonds is 4. The fourth-order valence-corrected chi connectivity index (χ4v) is 3.07. The number of aliphatic hydroxyl groups is 1. The summed E-state index contributed by atoms with van der Waals surface area (Å²) in [6, 6.07) is 6.45. The van der Waals surface area contributed by atoms with E-state index in [2.05, 4.69) is 24.9 Å². The van der Waals surface area contributed by atoms with E-state index in [-0.39, 0.29) is 11.4 Å². The summed E-state index contributed by atoms with van der Waals surface area (Å²) in [5.74, 6) is -0.0812. The summed E-state index contributed by atoms with van der Waals surface area (Å²) in [7, 11) is 0. The molecule has 1 unspecified atom stereocenters. The molecule has 8 nitrogen and oxygen atoms in total. The quantitative estimate of drug-likeness (QED) is 0.413. The molecule has 4 rings (SSSR count). The van der Waals surface area contributed by atoms with Crippen molar-refractivity contribution in [1.29, 1.82) is 0 Å². The van der Waals surface area contributed by atoms with Gasteiger partial charge in [-0.3, -0.25) is 4.98 Å². The number of carbonyl (C=O) groups excluding carboxylic acids is 1. The van der Waals surface area contributed by atoms with Gasteiger partial charge in [0.05, 0.1) is 5.02 Å². The second-order valence-corrected chi connectivity index (χ2v) is 7.16. The zero-order valence-corrected chi connectivity index (χ0v) is 17.2. The molecule has 0 bridgehead atoms. The van der Waals surface area contributed by atoms with Crippen LogP contribution in [0.5, 0.6) is 5.88 Å². The first-order valence-corrected chi connectivity index (χ1v) is 9.64. The molecule has 1 atom stereocenters. The molecule has 0 aliphatic carbocycles. The number of hydrogen-bond donors (Lipinski definition) is 2. The lowest BCUT2D eigenvalue weighted by molar-refractivity contribution is -0.141. The molecule has 33 heavy (non-hydrogen) atoms. The predicted molar refractivity (Wildman–Crippen MR) is 112 cm³/mol. The number of alkyl halides is 3. The van der Waals surface area contributed by atoms with Gasteiger partial charge in [0.25, 0.3) is 0 Å². The summed E-state index contributed by atoms with van der Waals surface area (Å²) >= 11 is 5.98. The van der Waals surface area contributed by atoms with Crippen LogP contribution in [0.25, 0.3) is 11.0 Å². The van der Waals surface area contributed by atoms with E-state index in [1.165, 1.54) is 24.5 Å². The van der Waals surface area contributed by atoms with E-state index in [0.717, 1.165) is 24.5 Å². The molecule has 0 saturated carbocycles. The largest absolute Gasteiger partial charge is 0.440 e. The minimum absolute atomic E-state index is 0.0812. The van der Waals surface area contributed by atoms with Gasteiger partial charge in [0.15, 0.2) is 0 Å². The molecule has 4 aromatic heterocycles. The summed E-state index contributed by atoms with van der Waals surface area (Å²) in [4.78, 5) is 29.7. The van der Waals surface area contributed by atoms with E-state index in [0.29, 0.717) is 27.2 Å². The summed E-state index contributed by atoms with van der Waals surface area (Å²) in [5, 5.41) is 11.8. The number of halogens is 4. The standard InChI is InChI=1S/C21H13ClF3N5O3/c22-13-5-14-15(10-29-19(14)28-9-13)18(31)12-2-4-17(27-8-12)33-20(32)30-7-11-1-3-16(26-6-11)21(23,24)25/h1-10,18,31H,(H,28,29). The van der Waals surface area contributed by atoms with Crippen LogP contribution in [0.1, 0.15) is 28.5 Å². The van der Waals surface area contributed by atoms with Crippen LogP contribution in [0, 0.1) is 0 Å². The normalized spacial score (nSPS) is 12.9. The maximum Gasteiger partial charge on any atom is 0.440 e. The van der Waals surface area contributed by atoms with Gasteiger partial charge in [-0.25, -0.2) is 14.8 Å². The van der Waals surface area contributed by atoms with Gasteiger partial charge in [-0.1, -0.05) is 11.6 Å². The van der Waals surface area contributed by atoms with E-state index in [1.807, 2.05) is 0 Å². The van der Waals surface area contributed by atoms with Gasteiger partial charge in [0.1, 0.15) is 17.4 Å². The average Bonchev–Trinajstić information content (AvgIpc) is 3.20. The molecule has 0 fully saturated rings. The van der Waals surface area contributed by atoms with Crippen molar-refractivity contribution in [3.63, 3.8) is 0 Å². The number of hydrogen-bond acceptors (Lipinski definition) is 6. The van der Waals surface area contributed by atoms with Crippen molar-refractivity contribution in [3.8, 4) is 5.88 Å². The Morgan fingerprint density at radius 1 is 1.15 bits per heavy atom. The number of ether oxygens (including phenoxy) is 1. The number of H-pyrrole nitrogens is 1. The van der Waals surface area contributed by atoms with Crippen LogP contribution < -0.4 is 4.74 Å². The Morgan fingerprint density at radius 3 is 2.64 bits per heavy atom. The smallest absolute Gasteiger partial charge is 0.390 e. The minimum atomic E-state index is -4.56. The van der Waals surface area contributed by atoms with Crippen molar-refractivity contribution in [2.75, 3.05) is 0 Å². The zero-order chi connectivity index (χ0) is 23.6. The highest BCUT2D eigenvalue weighted by Gasteiger charge is 2.31. The minimum Gasteiger partial charge on any atom is -0.390 e. The van der Waals surface area contributed by atoms with Crippen molar-refractivity contribution in [2.45, 2.75) is 12.3 Å². The lowest BCUT2D eigenvalue weighted by atomic mass is 10.0. The van der Waals surface area contributed by atoms with Crippen LogP contribution in [-0.4, -0.2) is 37.4 Å². The lowest BCUT2D eigenvalue weighted by Gasteiger charge is -2.10. The first-order valence-electron chi connectivity index (χ1n) is 9.26. The number of nitrogens with one attached hydrogen (secondary N) is 1. The van der Waals surface area contributed by atoms with E-state index in [1.54, 1.807) is 12.3 Å². The highest BCUT2D eigenvalue weighted by atomic mass is 35.5. The molecule has 0 aliphatic heterocycles. The fraction of sp³-hybridized carbons (Fsp3) is 0.0952. The number of carbonyl (C=O) groups is 1. The molecule has 1 amide bonds. The number of aromatic amines is 1. The molecule has 4 heterocycles. The SMILES string of the molecule is O=C(N=Cc1ccc(C(F)(F)F)nc1)Oc1ccc(C(O)c2c[nH]c3ncc(Cl)cc23)cn1. The molecule has 0 aromatic carbocycles. The van der Waals surface area contributed by atoms with E-state index >= 15 is 0 Å². The molecule has 0 spiro atoms. The van der Waals surface area contributed by atoms with Gasteiger partial charge in [-0.05, 0) is 24.3 Å². The van der Waals surface area contributed by atoms with E-state index in [4.69, 9.17) is 16.3 Å². The number of nitrogens with zero attached hydrogens (tertiary/aromatic N) is 4. The second kappa shape index (κ2) is 8.96. The van der Waals surface area contributed by atoms with Crippen LogP contribution in [0.4, 0.5) is 18.0 Å². The number of amides is 1. The number of aromatic nitrogens is 4. The van der Waals surface area contributed by atoms with Crippen molar-refractivity contribution < 1.29 is 27.8 Å². The Kier molecular flexibility index (Phi) is 6.07. The van der Waals surface area contributed by atoms with E-state index < -0.39 is 24.1 Å². The van der Waals surface area contributed by atoms with Crippen molar-refractivity contribution >= 4 is 34.9 Å². The van der Waals surface area contributed by atoms with Crippen LogP contribution in [0.2, 0.25) is 5.02 Å². The molecular formula is C21H13ClF3N5O3. The topological polar surface area (TPSA) is 113 Å². The summed E-state index contributed by atoms with van der Waals surface area (Å²) in [6.45, 7) is 0. The number of aliphatic hydroxyl groups excluding tert-OH is 1. The summed E-state index contributed by atoms with van der Waals surface area (Å²) in [6.07, 6.45) is -0.263. The highest BCUT2D eigenvalue weighted by Crippen LogP contribution is 2.30. The first kappa shape index (κ1) is 22.4. The first-order chi connectivity index (χ1) is 15.7. The van der Waals surface area contributed by atoms with Crippen molar-refractivity contribution in [2.24, 2.45) is 4.99 Å². The van der Waals surface area contributed by atoms with Gasteiger partial charge in [-0.2, -0.15) is 18.2 Å². The number of fused-ring (bicyclic) bond motifs is 1. The van der Waals surface area contributed by atoms with Gasteiger partial charge in [0.2, 0.25) is 5.88 Å². The number of aliphatic imine (C=N–C) groups is 1. The molecule has 168 valence electrons. The molecule has 0 aliphatic rings. The average molecular weight is 476 g/mol. The molecule has 0 saturated heterocycles. The van der Waals surface area contributed by atoms with Crippen LogP contribution in [0.15, 0.2) is 60.1 Å². The highest BCUT2D eigenvalue weighted by molar-refractivity contribution is 6.31. The lowest BCUT2D eigenvalue weighted by Crippen LogP contribution is -2.08. The second-order valence-electron chi connectivity index (χ2n) is 6.73. The number of pyridine rings is 3. The molecule has 0 radical (unpaired) electrons. The third kappa shape index (κ3) is 5.16. The van der Waals surface area contributed by atoms with Crippen LogP contribution >= 0.6 is 11.6 Å². The van der Waals surface area contributed by atoms with Crippen LogP contribution in [0.3, 0.4) is 0 Å². The monoisotopic (exact) mass is 475 g/mol. The molecular weight excluding hydrogens is 463 g/mol. The van der Waals surface area contributed by atoms with Gasteiger partial charge in [-0.15, -0.1) is 0 Å². The van der Waals surface area contributed by atoms with Gasteiger partial charge < -0.3 is 14.8 Å². The third-order valence-electron chi connectivity index (χ3n) is 4.49. The molecule has 12 heteroatoms. The van der Waals surface area contributed by atoms with Gasteiger partial charge >= 0.3 is 12.3 Å². The molecule has 2 N–H and O–H groups in total. The Bertz CT molecular complexity index is 1320. The molecule has 4 aromatic rings. The van der Waals surface area contributed by atoms with Crippen LogP contribution in [-0.2, 0) is 6.18 Å².